The molecule has 1 rings (SSSR count). The number of nitrogens with zero attached hydrogens (tertiary/aromatic N) is 2. The van der Waals surface area contributed by atoms with Gasteiger partial charge in [0.2, 0.25) is 0 Å². The highest BCUT2D eigenvalue weighted by atomic mass is 16.4. The van der Waals surface area contributed by atoms with E-state index in [4.69, 9.17) is 10.9 Å². The second kappa shape index (κ2) is 3.66. The highest BCUT2D eigenvalue weighted by molar-refractivity contribution is 5.67. The standard InChI is InChI=1S/C8H15N3O2/c1-6(3-8(12)13)7-4-10(2)5-11(7)9/h4,6H,3,5,9H2,1-2H3,(H,12,13). The lowest BCUT2D eigenvalue weighted by molar-refractivity contribution is -0.137. The second-order valence-corrected chi connectivity index (χ2v) is 3.42. The second-order valence-electron chi connectivity index (χ2n) is 3.42. The zero-order valence-corrected chi connectivity index (χ0v) is 7.90. The van der Waals surface area contributed by atoms with Gasteiger partial charge in [-0.1, -0.05) is 6.92 Å². The highest BCUT2D eigenvalue weighted by Gasteiger charge is 2.22. The van der Waals surface area contributed by atoms with Crippen LogP contribution in [0.25, 0.3) is 0 Å². The molecular formula is C8H15N3O2. The number of hydrogen-bond donors (Lipinski definition) is 2. The average molecular weight is 185 g/mol. The van der Waals surface area contributed by atoms with Crippen molar-refractivity contribution in [2.45, 2.75) is 13.3 Å². The number of rotatable bonds is 3. The minimum absolute atomic E-state index is 0.0348. The molecule has 0 fully saturated rings. The molecule has 1 aliphatic rings. The zero-order chi connectivity index (χ0) is 10.0. The molecule has 1 aliphatic heterocycles. The summed E-state index contributed by atoms with van der Waals surface area (Å²) in [5.41, 5.74) is 0.880. The van der Waals surface area contributed by atoms with Crippen molar-refractivity contribution in [3.8, 4) is 0 Å². The Labute approximate surface area is 77.4 Å². The molecule has 0 aliphatic carbocycles. The summed E-state index contributed by atoms with van der Waals surface area (Å²) in [5.74, 6) is 4.85. The third-order valence-corrected chi connectivity index (χ3v) is 2.05. The molecule has 0 amide bonds. The van der Waals surface area contributed by atoms with Gasteiger partial charge in [0.25, 0.3) is 0 Å². The van der Waals surface area contributed by atoms with Crippen LogP contribution in [0, 0.1) is 5.92 Å². The van der Waals surface area contributed by atoms with Crippen LogP contribution in [-0.2, 0) is 4.79 Å². The van der Waals surface area contributed by atoms with Gasteiger partial charge in [-0.05, 0) is 0 Å². The fourth-order valence-electron chi connectivity index (χ4n) is 1.44. The van der Waals surface area contributed by atoms with Crippen molar-refractivity contribution >= 4 is 5.97 Å². The number of allylic oxidation sites excluding steroid dienone is 1. The highest BCUT2D eigenvalue weighted by Crippen LogP contribution is 2.21. The first-order valence-electron chi connectivity index (χ1n) is 4.16. The van der Waals surface area contributed by atoms with Crippen molar-refractivity contribution in [2.75, 3.05) is 13.7 Å². The van der Waals surface area contributed by atoms with E-state index >= 15 is 0 Å². The first-order valence-corrected chi connectivity index (χ1v) is 4.16. The summed E-state index contributed by atoms with van der Waals surface area (Å²) >= 11 is 0. The molecule has 0 bridgehead atoms. The van der Waals surface area contributed by atoms with Crippen LogP contribution >= 0.6 is 0 Å². The number of hydrogen-bond acceptors (Lipinski definition) is 4. The van der Waals surface area contributed by atoms with E-state index in [2.05, 4.69) is 0 Å². The Balaban J connectivity index is 2.60. The smallest absolute Gasteiger partial charge is 0.304 e. The Morgan fingerprint density at radius 2 is 2.46 bits per heavy atom. The van der Waals surface area contributed by atoms with Crippen molar-refractivity contribution in [1.29, 1.82) is 0 Å². The summed E-state index contributed by atoms with van der Waals surface area (Å²) in [5, 5.41) is 10.2. The van der Waals surface area contributed by atoms with Crippen molar-refractivity contribution in [1.82, 2.24) is 9.91 Å². The van der Waals surface area contributed by atoms with E-state index in [0.717, 1.165) is 5.70 Å². The number of nitrogens with two attached hydrogens (primary N) is 1. The quantitative estimate of drug-likeness (QED) is 0.606. The van der Waals surface area contributed by atoms with Crippen molar-refractivity contribution in [3.05, 3.63) is 11.9 Å². The molecule has 0 aromatic rings. The van der Waals surface area contributed by atoms with E-state index in [1.54, 1.807) is 5.01 Å². The van der Waals surface area contributed by atoms with Crippen molar-refractivity contribution in [2.24, 2.45) is 11.8 Å². The molecule has 1 atom stereocenters. The number of carboxylic acids is 1. The fourth-order valence-corrected chi connectivity index (χ4v) is 1.44. The maximum atomic E-state index is 10.5. The van der Waals surface area contributed by atoms with Crippen LogP contribution in [0.5, 0.6) is 0 Å². The topological polar surface area (TPSA) is 69.8 Å². The lowest BCUT2D eigenvalue weighted by Gasteiger charge is -2.19. The monoisotopic (exact) mass is 185 g/mol. The molecule has 0 aromatic heterocycles. The normalized spacial score (nSPS) is 18.8. The number of carboxylic acid groups (broad SMARTS) is 1. The van der Waals surface area contributed by atoms with Gasteiger partial charge in [0.1, 0.15) is 6.67 Å². The van der Waals surface area contributed by atoms with Crippen LogP contribution in [0.3, 0.4) is 0 Å². The minimum atomic E-state index is -0.795. The third kappa shape index (κ3) is 2.35. The van der Waals surface area contributed by atoms with Crippen LogP contribution in [0.2, 0.25) is 0 Å². The summed E-state index contributed by atoms with van der Waals surface area (Å²) in [4.78, 5) is 12.4. The predicted molar refractivity (Wildman–Crippen MR) is 48.2 cm³/mol. The number of aliphatic carboxylic acids is 1. The molecular weight excluding hydrogens is 170 g/mol. The fraction of sp³-hybridized carbons (Fsp3) is 0.625. The molecule has 0 spiro atoms. The van der Waals surface area contributed by atoms with E-state index in [0.29, 0.717) is 6.67 Å². The maximum Gasteiger partial charge on any atom is 0.304 e. The number of carbonyl (C=O) groups is 1. The minimum Gasteiger partial charge on any atom is -0.481 e. The summed E-state index contributed by atoms with van der Waals surface area (Å²) in [6.07, 6.45) is 2.00. The van der Waals surface area contributed by atoms with Crippen LogP contribution in [0.1, 0.15) is 13.3 Å². The van der Waals surface area contributed by atoms with Crippen LogP contribution < -0.4 is 5.84 Å². The summed E-state index contributed by atoms with van der Waals surface area (Å²) in [6, 6.07) is 0. The molecule has 74 valence electrons. The Hall–Kier alpha value is -1.23. The van der Waals surface area contributed by atoms with Crippen LogP contribution in [-0.4, -0.2) is 34.7 Å². The molecule has 0 aromatic carbocycles. The van der Waals surface area contributed by atoms with Gasteiger partial charge in [0, 0.05) is 19.2 Å². The number of hydrazine groups is 1. The summed E-state index contributed by atoms with van der Waals surface area (Å²) < 4.78 is 0. The van der Waals surface area contributed by atoms with Gasteiger partial charge in [0.05, 0.1) is 12.1 Å². The van der Waals surface area contributed by atoms with Gasteiger partial charge in [-0.15, -0.1) is 0 Å². The first-order chi connectivity index (χ1) is 6.00. The van der Waals surface area contributed by atoms with Gasteiger partial charge in [0.15, 0.2) is 0 Å². The maximum absolute atomic E-state index is 10.5. The molecule has 0 radical (unpaired) electrons. The Bertz CT molecular complexity index is 240. The van der Waals surface area contributed by atoms with Crippen molar-refractivity contribution in [3.63, 3.8) is 0 Å². The molecule has 1 unspecified atom stereocenters. The van der Waals surface area contributed by atoms with Crippen molar-refractivity contribution < 1.29 is 9.90 Å². The SMILES string of the molecule is CC(CC(=O)O)C1=CN(C)CN1N. The van der Waals surface area contributed by atoms with E-state index in [9.17, 15) is 4.79 Å². The molecule has 5 nitrogen and oxygen atoms in total. The lowest BCUT2D eigenvalue weighted by Crippen LogP contribution is -2.33. The molecule has 3 N–H and O–H groups in total. The Kier molecular flexibility index (Phi) is 2.77. The molecule has 13 heavy (non-hydrogen) atoms. The van der Waals surface area contributed by atoms with Crippen LogP contribution in [0.15, 0.2) is 11.9 Å². The molecule has 5 heteroatoms. The van der Waals surface area contributed by atoms with E-state index in [1.807, 2.05) is 25.1 Å². The predicted octanol–water partition coefficient (Wildman–Crippen LogP) is 0.0172. The average Bonchev–Trinajstić information content (AvgIpc) is 2.28. The van der Waals surface area contributed by atoms with Gasteiger partial charge in [-0.25, -0.2) is 5.84 Å². The lowest BCUT2D eigenvalue weighted by atomic mass is 10.1. The van der Waals surface area contributed by atoms with Gasteiger partial charge in [-0.2, -0.15) is 0 Å². The van der Waals surface area contributed by atoms with E-state index < -0.39 is 5.97 Å². The molecule has 0 saturated carbocycles. The van der Waals surface area contributed by atoms with Gasteiger partial charge >= 0.3 is 5.97 Å². The molecule has 0 saturated heterocycles. The van der Waals surface area contributed by atoms with Gasteiger partial charge in [-0.3, -0.25) is 9.80 Å². The summed E-state index contributed by atoms with van der Waals surface area (Å²) in [7, 11) is 1.90. The van der Waals surface area contributed by atoms with Crippen LogP contribution in [0.4, 0.5) is 0 Å². The van der Waals surface area contributed by atoms with E-state index in [-0.39, 0.29) is 12.3 Å². The van der Waals surface area contributed by atoms with E-state index in [1.165, 1.54) is 0 Å². The Morgan fingerprint density at radius 3 is 2.85 bits per heavy atom. The third-order valence-electron chi connectivity index (χ3n) is 2.05. The molecule has 1 heterocycles. The Morgan fingerprint density at radius 1 is 1.85 bits per heavy atom. The zero-order valence-electron chi connectivity index (χ0n) is 7.90. The largest absolute Gasteiger partial charge is 0.481 e. The first kappa shape index (κ1) is 9.85. The van der Waals surface area contributed by atoms with Gasteiger partial charge < -0.3 is 10.0 Å². The summed E-state index contributed by atoms with van der Waals surface area (Å²) in [6.45, 7) is 2.48.